The highest BCUT2D eigenvalue weighted by Gasteiger charge is 2.39. The maximum atomic E-state index is 14.6. The molecule has 0 atom stereocenters. The van der Waals surface area contributed by atoms with Crippen molar-refractivity contribution < 1.29 is 52.7 Å². The number of aromatic nitrogens is 2. The molecule has 0 aliphatic carbocycles. The normalized spacial score (nSPS) is 12.8. The third-order valence-corrected chi connectivity index (χ3v) is 10.9. The number of hydrogen-bond acceptors (Lipinski definition) is 1. The Morgan fingerprint density at radius 1 is 0.371 bits per heavy atom. The van der Waals surface area contributed by atoms with Gasteiger partial charge in [0.1, 0.15) is 0 Å². The lowest BCUT2D eigenvalue weighted by atomic mass is 9.92. The monoisotopic (exact) mass is 857 g/mol. The van der Waals surface area contributed by atoms with Crippen LogP contribution >= 0.6 is 0 Å². The number of nitriles is 1. The summed E-state index contributed by atoms with van der Waals surface area (Å²) in [4.78, 5) is 0. The zero-order chi connectivity index (χ0) is 44.1. The van der Waals surface area contributed by atoms with Crippen LogP contribution in [0.3, 0.4) is 0 Å². The van der Waals surface area contributed by atoms with E-state index in [1.807, 2.05) is 0 Å². The van der Waals surface area contributed by atoms with Crippen molar-refractivity contribution in [3.05, 3.63) is 167 Å². The zero-order valence-electron chi connectivity index (χ0n) is 31.2. The van der Waals surface area contributed by atoms with Gasteiger partial charge >= 0.3 is 24.7 Å². The molecule has 0 bridgehead atoms. The van der Waals surface area contributed by atoms with E-state index in [1.54, 1.807) is 53.1 Å². The zero-order valence-corrected chi connectivity index (χ0v) is 31.2. The van der Waals surface area contributed by atoms with Crippen LogP contribution in [0.1, 0.15) is 27.8 Å². The molecule has 15 heteroatoms. The van der Waals surface area contributed by atoms with Gasteiger partial charge in [-0.15, -0.1) is 0 Å². The van der Waals surface area contributed by atoms with Crippen LogP contribution in [-0.4, -0.2) is 9.13 Å². The molecule has 310 valence electrons. The lowest BCUT2D eigenvalue weighted by molar-refractivity contribution is -0.143. The fourth-order valence-corrected chi connectivity index (χ4v) is 8.15. The Labute approximate surface area is 341 Å². The molecular weight excluding hydrogens is 835 g/mol. The van der Waals surface area contributed by atoms with Gasteiger partial charge in [0, 0.05) is 32.7 Å². The summed E-state index contributed by atoms with van der Waals surface area (Å²) in [5.74, 6) is 0. The van der Waals surface area contributed by atoms with E-state index in [0.717, 1.165) is 24.3 Å². The van der Waals surface area contributed by atoms with Crippen LogP contribution in [0.25, 0.3) is 77.2 Å². The summed E-state index contributed by atoms with van der Waals surface area (Å²) in [6, 6.07) is 30.8. The Morgan fingerprint density at radius 2 is 0.790 bits per heavy atom. The molecule has 9 aromatic rings. The van der Waals surface area contributed by atoms with Gasteiger partial charge < -0.3 is 9.13 Å². The Kier molecular flexibility index (Phi) is 9.02. The standard InChI is InChI=1S/C47H23F12N3/c48-44(49,50)27-12-17-40-35(21-27)31-5-1-3-7-38(31)61(40)42-19-25(24-60)9-14-33(42)34-15-10-26(30-16-11-29(46(54,55)56)23-37(30)47(57,58)59)20-43(34)62-39-8-4-2-6-32(39)36-22-28(45(51,52)53)13-18-41(36)62/h1-23H. The maximum absolute atomic E-state index is 14.6. The third kappa shape index (κ3) is 6.66. The molecule has 7 aromatic carbocycles. The minimum absolute atomic E-state index is 0.00717. The Balaban J connectivity index is 1.41. The predicted molar refractivity (Wildman–Crippen MR) is 211 cm³/mol. The largest absolute Gasteiger partial charge is 0.417 e. The summed E-state index contributed by atoms with van der Waals surface area (Å²) in [5.41, 5.74) is -3.67. The Morgan fingerprint density at radius 3 is 1.27 bits per heavy atom. The summed E-state index contributed by atoms with van der Waals surface area (Å²) < 4.78 is 173. The van der Waals surface area contributed by atoms with Crippen LogP contribution in [0.5, 0.6) is 0 Å². The van der Waals surface area contributed by atoms with Crippen molar-refractivity contribution in [2.75, 3.05) is 0 Å². The number of hydrogen-bond donors (Lipinski definition) is 0. The molecule has 0 aliphatic heterocycles. The van der Waals surface area contributed by atoms with Crippen LogP contribution < -0.4 is 0 Å². The Bertz CT molecular complexity index is 3320. The summed E-state index contributed by atoms with van der Waals surface area (Å²) in [6.07, 6.45) is -19.8. The molecule has 0 saturated heterocycles. The number of fused-ring (bicyclic) bond motifs is 6. The molecule has 0 fully saturated rings. The van der Waals surface area contributed by atoms with Gasteiger partial charge in [0.05, 0.1) is 67.3 Å². The van der Waals surface area contributed by atoms with Crippen molar-refractivity contribution in [1.29, 1.82) is 5.26 Å². The second kappa shape index (κ2) is 13.9. The first-order valence-electron chi connectivity index (χ1n) is 18.4. The maximum Gasteiger partial charge on any atom is 0.417 e. The molecule has 2 heterocycles. The fourth-order valence-electron chi connectivity index (χ4n) is 8.15. The van der Waals surface area contributed by atoms with Gasteiger partial charge in [0.2, 0.25) is 0 Å². The SMILES string of the molecule is N#Cc1ccc(-c2ccc(-c3ccc(C(F)(F)F)cc3C(F)(F)F)cc2-n2c3ccccc3c3cc(C(F)(F)F)ccc32)c(-n2c3ccccc3c3cc(C(F)(F)F)ccc32)c1. The van der Waals surface area contributed by atoms with E-state index in [-0.39, 0.29) is 56.0 Å². The number of para-hydroxylation sites is 2. The molecule has 0 unspecified atom stereocenters. The van der Waals surface area contributed by atoms with E-state index in [1.165, 1.54) is 53.1 Å². The predicted octanol–water partition coefficient (Wildman–Crippen LogP) is 15.2. The molecular formula is C47H23F12N3. The summed E-state index contributed by atoms with van der Waals surface area (Å²) >= 11 is 0. The number of halogens is 12. The highest BCUT2D eigenvalue weighted by atomic mass is 19.4. The van der Waals surface area contributed by atoms with Crippen LogP contribution in [0.2, 0.25) is 0 Å². The van der Waals surface area contributed by atoms with E-state index < -0.39 is 52.5 Å². The van der Waals surface area contributed by atoms with E-state index in [0.29, 0.717) is 39.5 Å². The van der Waals surface area contributed by atoms with E-state index >= 15 is 0 Å². The number of alkyl halides is 12. The van der Waals surface area contributed by atoms with Crippen LogP contribution in [0.4, 0.5) is 52.7 Å². The first-order valence-corrected chi connectivity index (χ1v) is 18.4. The van der Waals surface area contributed by atoms with Crippen LogP contribution in [0, 0.1) is 11.3 Å². The van der Waals surface area contributed by atoms with Crippen LogP contribution in [-0.2, 0) is 24.7 Å². The summed E-state index contributed by atoms with van der Waals surface area (Å²) in [5, 5.41) is 11.2. The number of benzene rings is 7. The van der Waals surface area contributed by atoms with Crippen molar-refractivity contribution in [2.45, 2.75) is 24.7 Å². The number of rotatable bonds is 4. The van der Waals surface area contributed by atoms with Gasteiger partial charge in [-0.1, -0.05) is 60.7 Å². The minimum atomic E-state index is -5.26. The topological polar surface area (TPSA) is 33.6 Å². The molecule has 0 spiro atoms. The van der Waals surface area contributed by atoms with E-state index in [9.17, 15) is 57.9 Å². The summed E-state index contributed by atoms with van der Waals surface area (Å²) in [6.45, 7) is 0. The lowest BCUT2D eigenvalue weighted by Gasteiger charge is -2.21. The molecule has 2 aromatic heterocycles. The molecule has 0 N–H and O–H groups in total. The van der Waals surface area contributed by atoms with Crippen molar-refractivity contribution >= 4 is 43.6 Å². The van der Waals surface area contributed by atoms with Gasteiger partial charge in [0.25, 0.3) is 0 Å². The van der Waals surface area contributed by atoms with E-state index in [4.69, 9.17) is 0 Å². The van der Waals surface area contributed by atoms with Crippen molar-refractivity contribution in [1.82, 2.24) is 9.13 Å². The molecule has 3 nitrogen and oxygen atoms in total. The fraction of sp³-hybridized carbons (Fsp3) is 0.0851. The first kappa shape index (κ1) is 40.2. The second-order valence-corrected chi connectivity index (χ2v) is 14.5. The van der Waals surface area contributed by atoms with Gasteiger partial charge in [0.15, 0.2) is 0 Å². The molecule has 62 heavy (non-hydrogen) atoms. The smallest absolute Gasteiger partial charge is 0.309 e. The molecule has 0 saturated carbocycles. The van der Waals surface area contributed by atoms with Gasteiger partial charge in [-0.25, -0.2) is 0 Å². The number of nitrogens with zero attached hydrogens (tertiary/aromatic N) is 3. The van der Waals surface area contributed by atoms with Crippen LogP contribution in [0.15, 0.2) is 140 Å². The second-order valence-electron chi connectivity index (χ2n) is 14.5. The highest BCUT2D eigenvalue weighted by Crippen LogP contribution is 2.46. The average molecular weight is 858 g/mol. The van der Waals surface area contributed by atoms with Gasteiger partial charge in [-0.2, -0.15) is 57.9 Å². The van der Waals surface area contributed by atoms with Gasteiger partial charge in [-0.05, 0) is 90.0 Å². The quantitative estimate of drug-likeness (QED) is 0.162. The minimum Gasteiger partial charge on any atom is -0.309 e. The van der Waals surface area contributed by atoms with E-state index in [2.05, 4.69) is 6.07 Å². The molecule has 0 radical (unpaired) electrons. The van der Waals surface area contributed by atoms with Crippen molar-refractivity contribution in [3.63, 3.8) is 0 Å². The lowest BCUT2D eigenvalue weighted by Crippen LogP contribution is -2.12. The van der Waals surface area contributed by atoms with Gasteiger partial charge in [-0.3, -0.25) is 0 Å². The average Bonchev–Trinajstić information content (AvgIpc) is 3.74. The Hall–Kier alpha value is -7.21. The highest BCUT2D eigenvalue weighted by molar-refractivity contribution is 6.12. The van der Waals surface area contributed by atoms with Crippen molar-refractivity contribution in [3.8, 4) is 39.7 Å². The molecule has 0 aliphatic rings. The van der Waals surface area contributed by atoms with Crippen molar-refractivity contribution in [2.24, 2.45) is 0 Å². The molecule has 9 rings (SSSR count). The molecule has 0 amide bonds. The third-order valence-electron chi connectivity index (χ3n) is 10.9. The summed E-state index contributed by atoms with van der Waals surface area (Å²) in [7, 11) is 0. The first-order chi connectivity index (χ1) is 29.2.